The summed E-state index contributed by atoms with van der Waals surface area (Å²) in [5.74, 6) is 0.796. The van der Waals surface area contributed by atoms with Crippen LogP contribution < -0.4 is 0 Å². The third kappa shape index (κ3) is 4.35. The second-order valence-corrected chi connectivity index (χ2v) is 5.90. The van der Waals surface area contributed by atoms with E-state index in [0.717, 1.165) is 12.5 Å². The Labute approximate surface area is 118 Å². The second kappa shape index (κ2) is 7.69. The van der Waals surface area contributed by atoms with Crippen molar-refractivity contribution >= 4 is 0 Å². The monoisotopic (exact) mass is 260 g/mol. The third-order valence-electron chi connectivity index (χ3n) is 4.24. The van der Waals surface area contributed by atoms with Gasteiger partial charge in [0.1, 0.15) is 0 Å². The number of aryl methyl sites for hydroxylation is 1. The van der Waals surface area contributed by atoms with Crippen LogP contribution in [0.25, 0.3) is 0 Å². The molecule has 2 atom stereocenters. The van der Waals surface area contributed by atoms with Crippen LogP contribution in [0.4, 0.5) is 0 Å². The van der Waals surface area contributed by atoms with Gasteiger partial charge in [0.05, 0.1) is 12.7 Å². The summed E-state index contributed by atoms with van der Waals surface area (Å²) in [5.41, 5.74) is 2.83. The van der Waals surface area contributed by atoms with E-state index in [2.05, 4.69) is 38.1 Å². The second-order valence-electron chi connectivity index (χ2n) is 5.90. The maximum absolute atomic E-state index is 6.05. The summed E-state index contributed by atoms with van der Waals surface area (Å²) in [4.78, 5) is 0. The quantitative estimate of drug-likeness (QED) is 0.674. The van der Waals surface area contributed by atoms with Crippen LogP contribution >= 0.6 is 0 Å². The molecule has 0 radical (unpaired) electrons. The Hall–Kier alpha value is -0.820. The van der Waals surface area contributed by atoms with Gasteiger partial charge in [0.25, 0.3) is 0 Å². The normalized spacial score (nSPS) is 23.5. The Morgan fingerprint density at radius 2 is 1.84 bits per heavy atom. The number of ether oxygens (including phenoxy) is 1. The van der Waals surface area contributed by atoms with Gasteiger partial charge in [0, 0.05) is 0 Å². The lowest BCUT2D eigenvalue weighted by molar-refractivity contribution is -0.0194. The fraction of sp³-hybridized carbons (Fsp3) is 0.667. The van der Waals surface area contributed by atoms with Gasteiger partial charge in [-0.2, -0.15) is 0 Å². The fourth-order valence-electron chi connectivity index (χ4n) is 2.98. The van der Waals surface area contributed by atoms with Crippen LogP contribution in [-0.4, -0.2) is 6.61 Å². The summed E-state index contributed by atoms with van der Waals surface area (Å²) in [6.45, 7) is 5.47. The van der Waals surface area contributed by atoms with Crippen molar-refractivity contribution in [1.29, 1.82) is 0 Å². The summed E-state index contributed by atoms with van der Waals surface area (Å²) in [6, 6.07) is 9.12. The Bertz CT molecular complexity index is 346. The summed E-state index contributed by atoms with van der Waals surface area (Å²) in [6.07, 6.45) is 9.24. The largest absolute Gasteiger partial charge is 0.373 e. The van der Waals surface area contributed by atoms with Gasteiger partial charge in [0.2, 0.25) is 0 Å². The van der Waals surface area contributed by atoms with Crippen LogP contribution in [-0.2, 0) is 11.2 Å². The van der Waals surface area contributed by atoms with Crippen molar-refractivity contribution in [1.82, 2.24) is 0 Å². The van der Waals surface area contributed by atoms with Gasteiger partial charge in [0.15, 0.2) is 0 Å². The molecule has 0 amide bonds. The highest BCUT2D eigenvalue weighted by molar-refractivity contribution is 5.24. The molecule has 1 fully saturated rings. The molecule has 1 aliphatic heterocycles. The number of benzene rings is 1. The smallest absolute Gasteiger partial charge is 0.0825 e. The molecule has 1 saturated heterocycles. The molecule has 2 rings (SSSR count). The van der Waals surface area contributed by atoms with E-state index in [1.165, 1.54) is 56.1 Å². The molecule has 0 aliphatic carbocycles. The summed E-state index contributed by atoms with van der Waals surface area (Å²) < 4.78 is 6.05. The summed E-state index contributed by atoms with van der Waals surface area (Å²) >= 11 is 0. The van der Waals surface area contributed by atoms with Crippen molar-refractivity contribution in [3.8, 4) is 0 Å². The predicted molar refractivity (Wildman–Crippen MR) is 81.4 cm³/mol. The molecule has 1 aromatic rings. The Morgan fingerprint density at radius 1 is 1.05 bits per heavy atom. The zero-order valence-electron chi connectivity index (χ0n) is 12.5. The van der Waals surface area contributed by atoms with Crippen molar-refractivity contribution in [3.63, 3.8) is 0 Å². The van der Waals surface area contributed by atoms with Crippen molar-refractivity contribution < 1.29 is 4.74 Å². The van der Waals surface area contributed by atoms with Gasteiger partial charge in [-0.25, -0.2) is 0 Å². The van der Waals surface area contributed by atoms with E-state index >= 15 is 0 Å². The molecule has 106 valence electrons. The maximum atomic E-state index is 6.05. The molecule has 1 nitrogen and oxygen atoms in total. The molecule has 19 heavy (non-hydrogen) atoms. The van der Waals surface area contributed by atoms with E-state index in [-0.39, 0.29) is 0 Å². The van der Waals surface area contributed by atoms with Crippen molar-refractivity contribution in [3.05, 3.63) is 35.4 Å². The van der Waals surface area contributed by atoms with Crippen LogP contribution in [0, 0.1) is 5.92 Å². The van der Waals surface area contributed by atoms with Gasteiger partial charge >= 0.3 is 0 Å². The van der Waals surface area contributed by atoms with E-state index in [0.29, 0.717) is 6.10 Å². The first-order chi connectivity index (χ1) is 9.33. The lowest BCUT2D eigenvalue weighted by Crippen LogP contribution is -2.20. The van der Waals surface area contributed by atoms with Crippen molar-refractivity contribution in [2.75, 3.05) is 6.61 Å². The van der Waals surface area contributed by atoms with Gasteiger partial charge in [-0.1, -0.05) is 51.0 Å². The first-order valence-electron chi connectivity index (χ1n) is 8.04. The highest BCUT2D eigenvalue weighted by atomic mass is 16.5. The molecule has 1 aromatic carbocycles. The minimum Gasteiger partial charge on any atom is -0.373 e. The van der Waals surface area contributed by atoms with Crippen LogP contribution in [0.5, 0.6) is 0 Å². The van der Waals surface area contributed by atoms with E-state index in [1.807, 2.05) is 0 Å². The minimum atomic E-state index is 0.341. The first kappa shape index (κ1) is 14.6. The Morgan fingerprint density at radius 3 is 2.42 bits per heavy atom. The van der Waals surface area contributed by atoms with Gasteiger partial charge in [-0.05, 0) is 49.1 Å². The third-order valence-corrected chi connectivity index (χ3v) is 4.24. The number of hydrogen-bond acceptors (Lipinski definition) is 1. The van der Waals surface area contributed by atoms with Gasteiger partial charge < -0.3 is 4.74 Å². The molecule has 1 heterocycles. The SMILES string of the molecule is CCCCc1ccc(C2CCC(CCC)CO2)cc1. The molecule has 0 bridgehead atoms. The van der Waals surface area contributed by atoms with Crippen LogP contribution in [0.3, 0.4) is 0 Å². The Balaban J connectivity index is 1.85. The highest BCUT2D eigenvalue weighted by Crippen LogP contribution is 2.32. The molecular weight excluding hydrogens is 232 g/mol. The molecule has 0 aromatic heterocycles. The molecule has 1 heteroatoms. The molecule has 0 spiro atoms. The highest BCUT2D eigenvalue weighted by Gasteiger charge is 2.22. The Kier molecular flexibility index (Phi) is 5.91. The topological polar surface area (TPSA) is 9.23 Å². The van der Waals surface area contributed by atoms with Gasteiger partial charge in [-0.15, -0.1) is 0 Å². The van der Waals surface area contributed by atoms with Crippen molar-refractivity contribution in [2.45, 2.75) is 64.9 Å². The molecule has 1 aliphatic rings. The standard InChI is InChI=1S/C18H28O/c1-3-5-7-15-8-11-17(12-9-15)18-13-10-16(6-4-2)14-19-18/h8-9,11-12,16,18H,3-7,10,13-14H2,1-2H3. The van der Waals surface area contributed by atoms with E-state index in [1.54, 1.807) is 0 Å². The van der Waals surface area contributed by atoms with Gasteiger partial charge in [-0.3, -0.25) is 0 Å². The van der Waals surface area contributed by atoms with E-state index in [4.69, 9.17) is 4.74 Å². The number of rotatable bonds is 6. The van der Waals surface area contributed by atoms with Crippen LogP contribution in [0.15, 0.2) is 24.3 Å². The molecule has 0 N–H and O–H groups in total. The fourth-order valence-corrected chi connectivity index (χ4v) is 2.98. The van der Waals surface area contributed by atoms with Crippen LogP contribution in [0.1, 0.15) is 69.6 Å². The number of hydrogen-bond donors (Lipinski definition) is 0. The van der Waals surface area contributed by atoms with Crippen LogP contribution in [0.2, 0.25) is 0 Å². The average molecular weight is 260 g/mol. The summed E-state index contributed by atoms with van der Waals surface area (Å²) in [7, 11) is 0. The zero-order valence-corrected chi connectivity index (χ0v) is 12.5. The number of unbranched alkanes of at least 4 members (excludes halogenated alkanes) is 1. The lowest BCUT2D eigenvalue weighted by atomic mass is 9.91. The maximum Gasteiger partial charge on any atom is 0.0825 e. The average Bonchev–Trinajstić information content (AvgIpc) is 2.47. The molecule has 0 saturated carbocycles. The van der Waals surface area contributed by atoms with E-state index in [9.17, 15) is 0 Å². The molecule has 2 unspecified atom stereocenters. The van der Waals surface area contributed by atoms with E-state index < -0.39 is 0 Å². The minimum absolute atomic E-state index is 0.341. The zero-order chi connectivity index (χ0) is 13.5. The first-order valence-corrected chi connectivity index (χ1v) is 8.04. The predicted octanol–water partition coefficient (Wildman–Crippen LogP) is 5.30. The molecular formula is C18H28O. The van der Waals surface area contributed by atoms with Crippen molar-refractivity contribution in [2.24, 2.45) is 5.92 Å². The summed E-state index contributed by atoms with van der Waals surface area (Å²) in [5, 5.41) is 0. The lowest BCUT2D eigenvalue weighted by Gasteiger charge is -2.29.